The van der Waals surface area contributed by atoms with Crippen molar-refractivity contribution in [2.75, 3.05) is 11.9 Å². The largest absolute Gasteiger partial charge is 0.299 e. The molecule has 0 bridgehead atoms. The first-order chi connectivity index (χ1) is 12.2. The molecule has 0 aliphatic carbocycles. The number of benzene rings is 1. The molecule has 1 aromatic heterocycles. The van der Waals surface area contributed by atoms with Crippen molar-refractivity contribution >= 4 is 22.4 Å². The van der Waals surface area contributed by atoms with Crippen molar-refractivity contribution in [1.29, 1.82) is 0 Å². The minimum atomic E-state index is -0.0827. The zero-order chi connectivity index (χ0) is 17.6. The molecule has 1 amide bonds. The van der Waals surface area contributed by atoms with E-state index in [0.717, 1.165) is 43.8 Å². The molecule has 1 N–H and O–H groups in total. The van der Waals surface area contributed by atoms with E-state index < -0.39 is 0 Å². The maximum absolute atomic E-state index is 12.7. The summed E-state index contributed by atoms with van der Waals surface area (Å²) in [6, 6.07) is 10.2. The van der Waals surface area contributed by atoms with Gasteiger partial charge in [0.1, 0.15) is 5.01 Å². The van der Waals surface area contributed by atoms with Crippen LogP contribution in [0.15, 0.2) is 30.3 Å². The normalized spacial score (nSPS) is 18.0. The van der Waals surface area contributed by atoms with Gasteiger partial charge in [-0.05, 0) is 37.8 Å². The minimum Gasteiger partial charge on any atom is -0.299 e. The molecule has 0 spiro atoms. The fourth-order valence-electron chi connectivity index (χ4n) is 3.41. The Morgan fingerprint density at radius 2 is 2.04 bits per heavy atom. The van der Waals surface area contributed by atoms with Crippen LogP contribution >= 0.6 is 11.3 Å². The van der Waals surface area contributed by atoms with E-state index in [1.165, 1.54) is 16.9 Å². The van der Waals surface area contributed by atoms with Gasteiger partial charge >= 0.3 is 0 Å². The number of hydrogen-bond acceptors (Lipinski definition) is 5. The molecule has 2 aromatic rings. The number of amides is 1. The summed E-state index contributed by atoms with van der Waals surface area (Å²) in [5.74, 6) is 0.477. The molecule has 2 heterocycles. The quantitative estimate of drug-likeness (QED) is 0.811. The molecular formula is C19H26N4OS. The summed E-state index contributed by atoms with van der Waals surface area (Å²) in [7, 11) is 0. The highest BCUT2D eigenvalue weighted by Crippen LogP contribution is 2.29. The zero-order valence-corrected chi connectivity index (χ0v) is 15.8. The van der Waals surface area contributed by atoms with Gasteiger partial charge in [-0.2, -0.15) is 0 Å². The van der Waals surface area contributed by atoms with Gasteiger partial charge in [-0.25, -0.2) is 0 Å². The molecule has 3 rings (SSSR count). The summed E-state index contributed by atoms with van der Waals surface area (Å²) in [5.41, 5.74) is 1.24. The maximum Gasteiger partial charge on any atom is 0.243 e. The second kappa shape index (κ2) is 8.54. The van der Waals surface area contributed by atoms with Gasteiger partial charge in [-0.15, -0.1) is 10.2 Å². The molecule has 134 valence electrons. The molecule has 6 heteroatoms. The number of likely N-dealkylation sites (tertiary alicyclic amines) is 1. The SMILES string of the molecule is CCC(CC)c1nnc(NC(=O)C2CCCN2Cc2ccccc2)s1. The van der Waals surface area contributed by atoms with Crippen LogP contribution in [-0.4, -0.2) is 33.6 Å². The molecular weight excluding hydrogens is 332 g/mol. The predicted octanol–water partition coefficient (Wildman–Crippen LogP) is 4.04. The van der Waals surface area contributed by atoms with Gasteiger partial charge in [0, 0.05) is 12.5 Å². The highest BCUT2D eigenvalue weighted by Gasteiger charge is 2.31. The van der Waals surface area contributed by atoms with E-state index >= 15 is 0 Å². The van der Waals surface area contributed by atoms with Gasteiger partial charge in [-0.1, -0.05) is 55.5 Å². The van der Waals surface area contributed by atoms with Crippen LogP contribution in [0.4, 0.5) is 5.13 Å². The third-order valence-electron chi connectivity index (χ3n) is 4.90. The fraction of sp³-hybridized carbons (Fsp3) is 0.526. The predicted molar refractivity (Wildman–Crippen MR) is 102 cm³/mol. The lowest BCUT2D eigenvalue weighted by Gasteiger charge is -2.23. The van der Waals surface area contributed by atoms with Gasteiger partial charge in [0.05, 0.1) is 6.04 Å². The summed E-state index contributed by atoms with van der Waals surface area (Å²) in [5, 5.41) is 13.1. The third kappa shape index (κ3) is 4.44. The summed E-state index contributed by atoms with van der Waals surface area (Å²) >= 11 is 1.51. The van der Waals surface area contributed by atoms with Crippen LogP contribution in [0.2, 0.25) is 0 Å². The number of nitrogens with one attached hydrogen (secondary N) is 1. The van der Waals surface area contributed by atoms with E-state index in [4.69, 9.17) is 0 Å². The first kappa shape index (κ1) is 18.0. The molecule has 1 unspecified atom stereocenters. The van der Waals surface area contributed by atoms with Crippen molar-refractivity contribution in [3.05, 3.63) is 40.9 Å². The molecule has 0 radical (unpaired) electrons. The van der Waals surface area contributed by atoms with E-state index in [9.17, 15) is 4.79 Å². The number of anilines is 1. The number of nitrogens with zero attached hydrogens (tertiary/aromatic N) is 3. The molecule has 1 atom stereocenters. The van der Waals surface area contributed by atoms with Gasteiger partial charge in [0.15, 0.2) is 0 Å². The van der Waals surface area contributed by atoms with Crippen molar-refractivity contribution in [3.8, 4) is 0 Å². The Morgan fingerprint density at radius 3 is 2.76 bits per heavy atom. The smallest absolute Gasteiger partial charge is 0.243 e. The Hall–Kier alpha value is -1.79. The highest BCUT2D eigenvalue weighted by molar-refractivity contribution is 7.15. The van der Waals surface area contributed by atoms with Crippen LogP contribution < -0.4 is 5.32 Å². The van der Waals surface area contributed by atoms with Crippen molar-refractivity contribution < 1.29 is 4.79 Å². The van der Waals surface area contributed by atoms with Crippen LogP contribution in [0.25, 0.3) is 0 Å². The number of carbonyl (C=O) groups is 1. The summed E-state index contributed by atoms with van der Waals surface area (Å²) in [6.45, 7) is 6.09. The third-order valence-corrected chi connectivity index (χ3v) is 5.90. The summed E-state index contributed by atoms with van der Waals surface area (Å²) < 4.78 is 0. The van der Waals surface area contributed by atoms with E-state index in [2.05, 4.69) is 46.4 Å². The Kier molecular flexibility index (Phi) is 6.15. The van der Waals surface area contributed by atoms with E-state index in [1.807, 2.05) is 18.2 Å². The lowest BCUT2D eigenvalue weighted by molar-refractivity contribution is -0.120. The number of carbonyl (C=O) groups excluding carboxylic acids is 1. The van der Waals surface area contributed by atoms with Crippen LogP contribution in [-0.2, 0) is 11.3 Å². The first-order valence-electron chi connectivity index (χ1n) is 9.13. The summed E-state index contributed by atoms with van der Waals surface area (Å²) in [6.07, 6.45) is 4.05. The van der Waals surface area contributed by atoms with Crippen LogP contribution in [0, 0.1) is 0 Å². The van der Waals surface area contributed by atoms with Gasteiger partial charge in [0.25, 0.3) is 0 Å². The number of rotatable bonds is 7. The standard InChI is InChI=1S/C19H26N4OS/c1-3-15(4-2)18-21-22-19(25-18)20-17(24)16-11-8-12-23(16)13-14-9-6-5-7-10-14/h5-7,9-10,15-16H,3-4,8,11-13H2,1-2H3,(H,20,22,24). The molecule has 0 saturated carbocycles. The second-order valence-corrected chi connectivity index (χ2v) is 7.57. The molecule has 1 aliphatic heterocycles. The molecule has 1 fully saturated rings. The zero-order valence-electron chi connectivity index (χ0n) is 14.9. The molecule has 5 nitrogen and oxygen atoms in total. The van der Waals surface area contributed by atoms with Gasteiger partial charge in [-0.3, -0.25) is 15.0 Å². The topological polar surface area (TPSA) is 58.1 Å². The van der Waals surface area contributed by atoms with E-state index in [-0.39, 0.29) is 11.9 Å². The second-order valence-electron chi connectivity index (χ2n) is 6.56. The Balaban J connectivity index is 1.62. The first-order valence-corrected chi connectivity index (χ1v) is 9.95. The van der Waals surface area contributed by atoms with Crippen molar-refractivity contribution in [3.63, 3.8) is 0 Å². The van der Waals surface area contributed by atoms with E-state index in [0.29, 0.717) is 11.0 Å². The van der Waals surface area contributed by atoms with E-state index in [1.54, 1.807) is 0 Å². The lowest BCUT2D eigenvalue weighted by Crippen LogP contribution is -2.39. The molecule has 1 aliphatic rings. The van der Waals surface area contributed by atoms with Crippen molar-refractivity contribution in [2.45, 2.75) is 58.0 Å². The molecule has 1 saturated heterocycles. The Morgan fingerprint density at radius 1 is 1.28 bits per heavy atom. The molecule has 1 aromatic carbocycles. The average Bonchev–Trinajstić information content (AvgIpc) is 3.27. The van der Waals surface area contributed by atoms with Crippen LogP contribution in [0.5, 0.6) is 0 Å². The maximum atomic E-state index is 12.7. The Bertz CT molecular complexity index is 684. The highest BCUT2D eigenvalue weighted by atomic mass is 32.1. The molecule has 25 heavy (non-hydrogen) atoms. The van der Waals surface area contributed by atoms with Gasteiger partial charge < -0.3 is 0 Å². The van der Waals surface area contributed by atoms with Crippen LogP contribution in [0.3, 0.4) is 0 Å². The summed E-state index contributed by atoms with van der Waals surface area (Å²) in [4.78, 5) is 15.0. The fourth-order valence-corrected chi connectivity index (χ4v) is 4.42. The average molecular weight is 359 g/mol. The monoisotopic (exact) mass is 358 g/mol. The van der Waals surface area contributed by atoms with Gasteiger partial charge in [0.2, 0.25) is 11.0 Å². The van der Waals surface area contributed by atoms with Crippen molar-refractivity contribution in [1.82, 2.24) is 15.1 Å². The number of aromatic nitrogens is 2. The van der Waals surface area contributed by atoms with Crippen LogP contribution in [0.1, 0.15) is 56.0 Å². The Labute approximate surface area is 153 Å². The van der Waals surface area contributed by atoms with Crippen molar-refractivity contribution in [2.24, 2.45) is 0 Å². The number of hydrogen-bond donors (Lipinski definition) is 1. The minimum absolute atomic E-state index is 0.0423. The lowest BCUT2D eigenvalue weighted by atomic mass is 10.1.